The van der Waals surface area contributed by atoms with Crippen molar-refractivity contribution < 1.29 is 31.9 Å². The van der Waals surface area contributed by atoms with E-state index in [-0.39, 0.29) is 36.2 Å². The van der Waals surface area contributed by atoms with Crippen LogP contribution in [0.25, 0.3) is 11.1 Å². The minimum atomic E-state index is -4.86. The van der Waals surface area contributed by atoms with Gasteiger partial charge in [0.15, 0.2) is 11.2 Å². The number of hydrogen-bond acceptors (Lipinski definition) is 7. The third-order valence-corrected chi connectivity index (χ3v) is 10.2. The van der Waals surface area contributed by atoms with Gasteiger partial charge in [-0.1, -0.05) is 12.1 Å². The van der Waals surface area contributed by atoms with Gasteiger partial charge in [0.2, 0.25) is 0 Å². The first-order valence-corrected chi connectivity index (χ1v) is 16.0. The third kappa shape index (κ3) is 4.94. The molecule has 0 saturated carbocycles. The number of aromatic nitrogens is 3. The van der Waals surface area contributed by atoms with Crippen LogP contribution in [-0.2, 0) is 29.1 Å². The van der Waals surface area contributed by atoms with Crippen molar-refractivity contribution in [3.8, 4) is 11.1 Å². The molecule has 6 heterocycles. The number of rotatable bonds is 6. The zero-order chi connectivity index (χ0) is 32.7. The van der Waals surface area contributed by atoms with E-state index < -0.39 is 35.8 Å². The fourth-order valence-corrected chi connectivity index (χ4v) is 7.79. The van der Waals surface area contributed by atoms with Gasteiger partial charge >= 0.3 is 12.1 Å². The number of fused-ring (bicyclic) bond motifs is 2. The van der Waals surface area contributed by atoms with Gasteiger partial charge in [-0.2, -0.15) is 13.2 Å². The van der Waals surface area contributed by atoms with Crippen molar-refractivity contribution in [2.45, 2.75) is 38.1 Å². The average molecular weight is 666 g/mol. The molecule has 10 nitrogen and oxygen atoms in total. The highest BCUT2D eigenvalue weighted by Gasteiger charge is 2.57. The molecule has 1 spiro atoms. The van der Waals surface area contributed by atoms with E-state index in [0.29, 0.717) is 41.5 Å². The minimum absolute atomic E-state index is 0.0794. The molecule has 1 unspecified atom stereocenters. The Hall–Kier alpha value is -4.79. The Morgan fingerprint density at radius 1 is 1.02 bits per heavy atom. The highest BCUT2D eigenvalue weighted by atomic mass is 32.1. The van der Waals surface area contributed by atoms with Gasteiger partial charge in [-0.15, -0.1) is 11.3 Å². The monoisotopic (exact) mass is 665 g/mol. The van der Waals surface area contributed by atoms with Crippen molar-refractivity contribution in [1.29, 1.82) is 0 Å². The molecule has 0 radical (unpaired) electrons. The summed E-state index contributed by atoms with van der Waals surface area (Å²) in [4.78, 5) is 51.9. The smallest absolute Gasteiger partial charge is 0.370 e. The van der Waals surface area contributed by atoms with Crippen molar-refractivity contribution in [1.82, 2.24) is 24.3 Å². The SMILES string of the molecule is O=C(Nc1nccs1)C(c1ncn2c1CCC2)N1Cc2c(F)cc(-c3ccc(N4CC5(CN(C(=O)C(F)(F)F)C5)C4)cc3)cc2C1=O. The van der Waals surface area contributed by atoms with Crippen molar-refractivity contribution in [2.24, 2.45) is 5.41 Å². The maximum atomic E-state index is 15.7. The van der Waals surface area contributed by atoms with E-state index in [0.717, 1.165) is 29.2 Å². The highest BCUT2D eigenvalue weighted by molar-refractivity contribution is 7.13. The van der Waals surface area contributed by atoms with Crippen LogP contribution < -0.4 is 10.2 Å². The lowest BCUT2D eigenvalue weighted by Gasteiger charge is -2.60. The molecule has 2 aromatic heterocycles. The standard InChI is InChI=1S/C32H27F4N7O3S/c33-23-11-19(18-3-5-20(6-4-18)41-13-31(14-41)15-42(16-31)29(46)32(34,35)36)10-21-22(23)12-43(28(21)45)26(27(44)39-30-37-7-9-47-30)25-24-2-1-8-40(24)17-38-25/h3-7,9-11,17,26H,1-2,8,12-16H2,(H,37,39,44). The summed E-state index contributed by atoms with van der Waals surface area (Å²) in [6, 6.07) is 9.23. The molecule has 47 heavy (non-hydrogen) atoms. The number of nitrogens with zero attached hydrogens (tertiary/aromatic N) is 6. The molecule has 4 aliphatic heterocycles. The number of anilines is 2. The van der Waals surface area contributed by atoms with Crippen LogP contribution in [-0.4, -0.2) is 74.4 Å². The number of carbonyl (C=O) groups excluding carboxylic acids is 3. The molecule has 15 heteroatoms. The molecule has 0 bridgehead atoms. The summed E-state index contributed by atoms with van der Waals surface area (Å²) >= 11 is 1.25. The summed E-state index contributed by atoms with van der Waals surface area (Å²) < 4.78 is 55.8. The van der Waals surface area contributed by atoms with Crippen LogP contribution in [0.3, 0.4) is 0 Å². The van der Waals surface area contributed by atoms with E-state index >= 15 is 4.39 Å². The predicted molar refractivity (Wildman–Crippen MR) is 163 cm³/mol. The van der Waals surface area contributed by atoms with Gasteiger partial charge < -0.3 is 19.3 Å². The Balaban J connectivity index is 1.00. The quantitative estimate of drug-likeness (QED) is 0.301. The molecule has 2 fully saturated rings. The Kier molecular flexibility index (Phi) is 6.69. The topological polar surface area (TPSA) is 104 Å². The van der Waals surface area contributed by atoms with Crippen molar-refractivity contribution in [3.05, 3.63) is 82.6 Å². The molecule has 2 saturated heterocycles. The number of aryl methyl sites for hydroxylation is 1. The molecule has 242 valence electrons. The van der Waals surface area contributed by atoms with Crippen LogP contribution in [0.1, 0.15) is 39.8 Å². The van der Waals surface area contributed by atoms with Gasteiger partial charge in [-0.25, -0.2) is 14.4 Å². The number of nitrogens with one attached hydrogen (secondary N) is 1. The fraction of sp³-hybridized carbons (Fsp3) is 0.344. The summed E-state index contributed by atoms with van der Waals surface area (Å²) in [6.45, 7) is 1.90. The van der Waals surface area contributed by atoms with Gasteiger partial charge in [-0.3, -0.25) is 19.7 Å². The van der Waals surface area contributed by atoms with Crippen molar-refractivity contribution in [3.63, 3.8) is 0 Å². The molecule has 4 aromatic rings. The lowest BCUT2D eigenvalue weighted by molar-refractivity contribution is -0.197. The minimum Gasteiger partial charge on any atom is -0.370 e. The number of amides is 3. The number of thiazole rings is 1. The van der Waals surface area contributed by atoms with E-state index in [4.69, 9.17) is 0 Å². The lowest BCUT2D eigenvalue weighted by Crippen LogP contribution is -2.74. The number of halogens is 4. The second-order valence-corrected chi connectivity index (χ2v) is 13.5. The average Bonchev–Trinajstić information content (AvgIpc) is 3.80. The van der Waals surface area contributed by atoms with Crippen LogP contribution >= 0.6 is 11.3 Å². The van der Waals surface area contributed by atoms with Gasteiger partial charge in [0.05, 0.1) is 18.6 Å². The molecule has 1 atom stereocenters. The summed E-state index contributed by atoms with van der Waals surface area (Å²) in [5.74, 6) is -3.30. The van der Waals surface area contributed by atoms with Gasteiger partial charge in [0.1, 0.15) is 5.82 Å². The molecule has 0 aliphatic carbocycles. The normalized spacial score (nSPS) is 18.6. The first-order chi connectivity index (χ1) is 22.5. The largest absolute Gasteiger partial charge is 0.471 e. The Labute approximate surface area is 269 Å². The maximum Gasteiger partial charge on any atom is 0.471 e. The Bertz CT molecular complexity index is 1910. The van der Waals surface area contributed by atoms with Crippen molar-refractivity contribution >= 4 is 39.9 Å². The van der Waals surface area contributed by atoms with Gasteiger partial charge in [-0.05, 0) is 48.2 Å². The fourth-order valence-electron chi connectivity index (χ4n) is 7.26. The number of likely N-dealkylation sites (tertiary alicyclic amines) is 1. The predicted octanol–water partition coefficient (Wildman–Crippen LogP) is 4.64. The molecule has 8 rings (SSSR count). The second kappa shape index (κ2) is 10.6. The van der Waals surface area contributed by atoms with E-state index in [2.05, 4.69) is 15.3 Å². The zero-order valence-electron chi connectivity index (χ0n) is 24.8. The zero-order valence-corrected chi connectivity index (χ0v) is 25.6. The molecular formula is C32H27F4N7O3S. The van der Waals surface area contributed by atoms with E-state index in [1.165, 1.54) is 22.3 Å². The molecule has 4 aliphatic rings. The summed E-state index contributed by atoms with van der Waals surface area (Å²) in [6.07, 6.45) is -0.00590. The highest BCUT2D eigenvalue weighted by Crippen LogP contribution is 2.44. The van der Waals surface area contributed by atoms with E-state index in [1.807, 2.05) is 21.6 Å². The molecule has 2 aromatic carbocycles. The third-order valence-electron chi connectivity index (χ3n) is 9.49. The molecule has 1 N–H and O–H groups in total. The number of hydrogen-bond donors (Lipinski definition) is 1. The van der Waals surface area contributed by atoms with Crippen molar-refractivity contribution in [2.75, 3.05) is 36.4 Å². The summed E-state index contributed by atoms with van der Waals surface area (Å²) in [5, 5.41) is 4.91. The Morgan fingerprint density at radius 2 is 1.79 bits per heavy atom. The molecular weight excluding hydrogens is 638 g/mol. The summed E-state index contributed by atoms with van der Waals surface area (Å²) in [7, 11) is 0. The van der Waals surface area contributed by atoms with Gasteiger partial charge in [0, 0.05) is 72.2 Å². The van der Waals surface area contributed by atoms with Crippen LogP contribution in [0.2, 0.25) is 0 Å². The first-order valence-electron chi connectivity index (χ1n) is 15.1. The van der Waals surface area contributed by atoms with Gasteiger partial charge in [0.25, 0.3) is 11.8 Å². The van der Waals surface area contributed by atoms with Crippen LogP contribution in [0.5, 0.6) is 0 Å². The second-order valence-electron chi connectivity index (χ2n) is 12.6. The van der Waals surface area contributed by atoms with E-state index in [9.17, 15) is 27.6 Å². The number of alkyl halides is 3. The first kappa shape index (κ1) is 29.6. The van der Waals surface area contributed by atoms with Crippen LogP contribution in [0, 0.1) is 11.2 Å². The van der Waals surface area contributed by atoms with Crippen LogP contribution in [0.15, 0.2) is 54.3 Å². The number of carbonyl (C=O) groups is 3. The maximum absolute atomic E-state index is 15.7. The molecule has 3 amide bonds. The summed E-state index contributed by atoms with van der Waals surface area (Å²) in [5.41, 5.74) is 3.44. The number of imidazole rings is 1. The lowest BCUT2D eigenvalue weighted by atomic mass is 9.72. The van der Waals surface area contributed by atoms with Crippen LogP contribution in [0.4, 0.5) is 28.4 Å². The van der Waals surface area contributed by atoms with E-state index in [1.54, 1.807) is 36.1 Å². The Morgan fingerprint density at radius 3 is 2.49 bits per heavy atom. The number of benzene rings is 2.